The average Bonchev–Trinajstić information content (AvgIpc) is 2.75. The first-order valence-electron chi connectivity index (χ1n) is 10.6. The maximum atomic E-state index is 10.8. The predicted octanol–water partition coefficient (Wildman–Crippen LogP) is -1.41. The van der Waals surface area contributed by atoms with Crippen molar-refractivity contribution < 1.29 is 44.5 Å². The maximum absolute atomic E-state index is 10.8. The molecule has 6 N–H and O–H groups in total. The number of aliphatic hydroxyl groups is 5. The van der Waals surface area contributed by atoms with Gasteiger partial charge in [0, 0.05) is 25.3 Å². The molecule has 6 fully saturated rings. The second-order valence-corrected chi connectivity index (χ2v) is 8.25. The molecular weight excluding hydrogens is 398 g/mol. The zero-order valence-electron chi connectivity index (χ0n) is 17.3. The van der Waals surface area contributed by atoms with Crippen LogP contribution in [0.5, 0.6) is 0 Å². The van der Waals surface area contributed by atoms with E-state index in [4.69, 9.17) is 18.9 Å². The van der Waals surface area contributed by atoms with Crippen LogP contribution in [-0.2, 0) is 18.9 Å². The van der Waals surface area contributed by atoms with E-state index >= 15 is 0 Å². The van der Waals surface area contributed by atoms with Gasteiger partial charge in [0.05, 0.1) is 18.8 Å². The summed E-state index contributed by atoms with van der Waals surface area (Å²) in [6, 6.07) is 0. The standard InChI is InChI=1S/C20H35NO9/c1-10(21-2)6-7-12-11-5-3-4-8-27-19-17(26)15(24)18(13(9-22)29-19)30-20(28-12)16(25)14(11)23/h11-26H,1,3-9H2,2H3/t11?,12?,13?,14-,15+,16?,17?,18?,19-,20+/m0/s1. The fraction of sp³-hybridized carbons (Fsp3) is 0.900. The summed E-state index contributed by atoms with van der Waals surface area (Å²) >= 11 is 0. The van der Waals surface area contributed by atoms with Crippen LogP contribution in [0.2, 0.25) is 0 Å². The van der Waals surface area contributed by atoms with Crippen molar-refractivity contribution in [2.24, 2.45) is 5.92 Å². The predicted molar refractivity (Wildman–Crippen MR) is 104 cm³/mol. The fourth-order valence-corrected chi connectivity index (χ4v) is 4.38. The Balaban J connectivity index is 1.84. The number of hydrogen-bond acceptors (Lipinski definition) is 10. The summed E-state index contributed by atoms with van der Waals surface area (Å²) in [5.41, 5.74) is 0.823. The molecule has 6 heterocycles. The second-order valence-electron chi connectivity index (χ2n) is 8.25. The highest BCUT2D eigenvalue weighted by molar-refractivity contribution is 4.96. The molecule has 6 rings (SSSR count). The lowest BCUT2D eigenvalue weighted by molar-refractivity contribution is -0.356. The van der Waals surface area contributed by atoms with E-state index in [0.717, 1.165) is 5.70 Å². The molecule has 6 aliphatic heterocycles. The summed E-state index contributed by atoms with van der Waals surface area (Å²) in [5, 5.41) is 55.1. The number of rotatable bonds is 5. The zero-order chi connectivity index (χ0) is 21.8. The van der Waals surface area contributed by atoms with Gasteiger partial charge in [-0.25, -0.2) is 0 Å². The topological polar surface area (TPSA) is 150 Å². The maximum Gasteiger partial charge on any atom is 0.186 e. The SMILES string of the molecule is C=C(CCC1O[C@@H]2OC3C(CO)O[C@H](OCCCCC1[C@H](O)C2O)C(O)[C@H]3O)NC. The Morgan fingerprint density at radius 3 is 2.33 bits per heavy atom. The van der Waals surface area contributed by atoms with Crippen molar-refractivity contribution in [1.82, 2.24) is 5.32 Å². The smallest absolute Gasteiger partial charge is 0.186 e. The van der Waals surface area contributed by atoms with Crippen LogP contribution in [0.15, 0.2) is 12.3 Å². The molecule has 10 atom stereocenters. The fourth-order valence-electron chi connectivity index (χ4n) is 4.38. The second kappa shape index (κ2) is 10.7. The highest BCUT2D eigenvalue weighted by Crippen LogP contribution is 2.36. The number of nitrogens with one attached hydrogen (secondary N) is 1. The van der Waals surface area contributed by atoms with Gasteiger partial charge in [0.2, 0.25) is 0 Å². The summed E-state index contributed by atoms with van der Waals surface area (Å²) < 4.78 is 23.0. The molecule has 4 bridgehead atoms. The minimum absolute atomic E-state index is 0.272. The van der Waals surface area contributed by atoms with Gasteiger partial charge in [-0.05, 0) is 25.7 Å². The number of allylic oxidation sites excluding steroid dienone is 1. The Kier molecular flexibility index (Phi) is 8.47. The van der Waals surface area contributed by atoms with Crippen molar-refractivity contribution >= 4 is 0 Å². The lowest BCUT2D eigenvalue weighted by atomic mass is 9.83. The van der Waals surface area contributed by atoms with Crippen molar-refractivity contribution in [3.05, 3.63) is 12.3 Å². The van der Waals surface area contributed by atoms with Gasteiger partial charge < -0.3 is 49.8 Å². The largest absolute Gasteiger partial charge is 0.394 e. The van der Waals surface area contributed by atoms with Gasteiger partial charge >= 0.3 is 0 Å². The third-order valence-electron chi connectivity index (χ3n) is 6.26. The summed E-state index contributed by atoms with van der Waals surface area (Å²) in [4.78, 5) is 0. The van der Waals surface area contributed by atoms with E-state index in [1.165, 1.54) is 0 Å². The van der Waals surface area contributed by atoms with Crippen molar-refractivity contribution in [2.75, 3.05) is 20.3 Å². The number of ether oxygens (including phenoxy) is 4. The Bertz CT molecular complexity index is 562. The molecule has 0 aromatic carbocycles. The summed E-state index contributed by atoms with van der Waals surface area (Å²) in [6.45, 7) is 3.70. The van der Waals surface area contributed by atoms with E-state index in [9.17, 15) is 25.5 Å². The Morgan fingerprint density at radius 1 is 0.933 bits per heavy atom. The highest BCUT2D eigenvalue weighted by Gasteiger charge is 2.50. The molecule has 10 nitrogen and oxygen atoms in total. The van der Waals surface area contributed by atoms with E-state index in [-0.39, 0.29) is 12.5 Å². The van der Waals surface area contributed by atoms with Crippen LogP contribution in [0, 0.1) is 5.92 Å². The van der Waals surface area contributed by atoms with Gasteiger partial charge in [-0.2, -0.15) is 0 Å². The summed E-state index contributed by atoms with van der Waals surface area (Å²) in [5.74, 6) is -0.301. The van der Waals surface area contributed by atoms with Crippen molar-refractivity contribution in [1.29, 1.82) is 0 Å². The van der Waals surface area contributed by atoms with Crippen LogP contribution in [0.4, 0.5) is 0 Å². The molecule has 174 valence electrons. The van der Waals surface area contributed by atoms with Crippen molar-refractivity contribution in [3.8, 4) is 0 Å². The Morgan fingerprint density at radius 2 is 1.63 bits per heavy atom. The molecule has 10 heteroatoms. The van der Waals surface area contributed by atoms with Crippen LogP contribution in [0.1, 0.15) is 32.1 Å². The van der Waals surface area contributed by atoms with E-state index in [1.807, 2.05) is 0 Å². The van der Waals surface area contributed by atoms with Gasteiger partial charge in [0.15, 0.2) is 12.6 Å². The normalized spacial score (nSPS) is 45.1. The van der Waals surface area contributed by atoms with Crippen molar-refractivity contribution in [3.63, 3.8) is 0 Å². The first kappa shape index (κ1) is 23.8. The molecule has 0 radical (unpaired) electrons. The highest BCUT2D eigenvalue weighted by atomic mass is 16.7. The van der Waals surface area contributed by atoms with E-state index in [1.54, 1.807) is 7.05 Å². The molecule has 0 aliphatic carbocycles. The quantitative estimate of drug-likeness (QED) is 0.305. The van der Waals surface area contributed by atoms with Crippen LogP contribution in [-0.4, -0.2) is 101 Å². The average molecular weight is 433 g/mol. The summed E-state index contributed by atoms with van der Waals surface area (Å²) in [7, 11) is 1.78. The van der Waals surface area contributed by atoms with Gasteiger partial charge in [-0.15, -0.1) is 0 Å². The minimum Gasteiger partial charge on any atom is -0.394 e. The van der Waals surface area contributed by atoms with Gasteiger partial charge in [0.1, 0.15) is 30.5 Å². The molecule has 6 aliphatic rings. The first-order chi connectivity index (χ1) is 14.4. The zero-order valence-corrected chi connectivity index (χ0v) is 17.3. The monoisotopic (exact) mass is 433 g/mol. The Hall–Kier alpha value is -0.820. The molecule has 0 aromatic rings. The van der Waals surface area contributed by atoms with Crippen LogP contribution in [0.25, 0.3) is 0 Å². The molecule has 0 spiro atoms. The summed E-state index contributed by atoms with van der Waals surface area (Å²) in [6.07, 6.45) is -7.07. The lowest BCUT2D eigenvalue weighted by Gasteiger charge is -2.47. The molecule has 6 saturated heterocycles. The molecule has 30 heavy (non-hydrogen) atoms. The number of hydrogen-bond donors (Lipinski definition) is 6. The molecular formula is C20H35NO9. The van der Waals surface area contributed by atoms with Gasteiger partial charge in [-0.3, -0.25) is 0 Å². The van der Waals surface area contributed by atoms with Gasteiger partial charge in [0.25, 0.3) is 0 Å². The molecule has 0 saturated carbocycles. The molecule has 0 aromatic heterocycles. The van der Waals surface area contributed by atoms with E-state index in [2.05, 4.69) is 11.9 Å². The van der Waals surface area contributed by atoms with Crippen LogP contribution in [0.3, 0.4) is 0 Å². The van der Waals surface area contributed by atoms with Gasteiger partial charge in [-0.1, -0.05) is 13.0 Å². The third-order valence-corrected chi connectivity index (χ3v) is 6.26. The Labute approximate surface area is 176 Å². The molecule has 6 unspecified atom stereocenters. The van der Waals surface area contributed by atoms with E-state index < -0.39 is 61.9 Å². The van der Waals surface area contributed by atoms with Crippen LogP contribution >= 0.6 is 0 Å². The lowest BCUT2D eigenvalue weighted by Crippen LogP contribution is -2.63. The molecule has 0 amide bonds. The van der Waals surface area contributed by atoms with Crippen molar-refractivity contribution in [2.45, 2.75) is 87.4 Å². The first-order valence-corrected chi connectivity index (χ1v) is 10.6. The number of aliphatic hydroxyl groups excluding tert-OH is 5. The van der Waals surface area contributed by atoms with Crippen LogP contribution < -0.4 is 5.32 Å². The van der Waals surface area contributed by atoms with E-state index in [0.29, 0.717) is 32.1 Å². The minimum atomic E-state index is -1.43. The third kappa shape index (κ3) is 5.14.